The second-order valence-corrected chi connectivity index (χ2v) is 5.30. The first-order valence-corrected chi connectivity index (χ1v) is 7.18. The van der Waals surface area contributed by atoms with Gasteiger partial charge < -0.3 is 19.3 Å². The zero-order chi connectivity index (χ0) is 16.7. The Morgan fingerprint density at radius 1 is 1.18 bits per heavy atom. The van der Waals surface area contributed by atoms with Gasteiger partial charge in [0.2, 0.25) is 5.76 Å². The number of rotatable bonds is 8. The summed E-state index contributed by atoms with van der Waals surface area (Å²) in [6.07, 6.45) is 1.86. The van der Waals surface area contributed by atoms with Crippen LogP contribution in [-0.4, -0.2) is 32.4 Å². The number of para-hydroxylation sites is 1. The number of carboxylic acids is 1. The quantitative estimate of drug-likeness (QED) is 0.589. The van der Waals surface area contributed by atoms with Gasteiger partial charge in [0.15, 0.2) is 5.76 Å². The van der Waals surface area contributed by atoms with E-state index in [4.69, 9.17) is 14.2 Å². The molecule has 0 aromatic heterocycles. The number of benzene rings is 1. The SMILES string of the molecule is COC(C(=O)O)=C(OC)c1cccc(CCC(C)C)c1OC. The first kappa shape index (κ1) is 17.9. The van der Waals surface area contributed by atoms with E-state index in [1.165, 1.54) is 14.2 Å². The van der Waals surface area contributed by atoms with Crippen molar-refractivity contribution >= 4 is 11.7 Å². The van der Waals surface area contributed by atoms with Gasteiger partial charge in [-0.25, -0.2) is 4.79 Å². The lowest BCUT2D eigenvalue weighted by Gasteiger charge is -2.17. The van der Waals surface area contributed by atoms with E-state index in [0.29, 0.717) is 17.2 Å². The molecular weight excluding hydrogens is 284 g/mol. The molecule has 0 amide bonds. The van der Waals surface area contributed by atoms with Gasteiger partial charge in [-0.15, -0.1) is 0 Å². The van der Waals surface area contributed by atoms with E-state index in [0.717, 1.165) is 18.4 Å². The van der Waals surface area contributed by atoms with Crippen LogP contribution >= 0.6 is 0 Å². The summed E-state index contributed by atoms with van der Waals surface area (Å²) < 4.78 is 15.7. The summed E-state index contributed by atoms with van der Waals surface area (Å²) in [6, 6.07) is 5.60. The molecule has 5 nitrogen and oxygen atoms in total. The highest BCUT2D eigenvalue weighted by Gasteiger charge is 2.22. The Balaban J connectivity index is 3.39. The molecule has 0 saturated heterocycles. The zero-order valence-electron chi connectivity index (χ0n) is 13.8. The fourth-order valence-corrected chi connectivity index (χ4v) is 2.25. The summed E-state index contributed by atoms with van der Waals surface area (Å²) in [6.45, 7) is 4.31. The number of aryl methyl sites for hydroxylation is 1. The maximum absolute atomic E-state index is 11.3. The standard InChI is InChI=1S/C17H24O5/c1-11(2)9-10-12-7-6-8-13(14(12)20-3)15(21-4)16(22-5)17(18)19/h6-8,11H,9-10H2,1-5H3,(H,18,19). The molecule has 0 aliphatic heterocycles. The largest absolute Gasteiger partial charge is 0.496 e. The van der Waals surface area contributed by atoms with Crippen molar-refractivity contribution in [1.82, 2.24) is 0 Å². The third-order valence-electron chi connectivity index (χ3n) is 3.35. The lowest BCUT2D eigenvalue weighted by atomic mass is 9.99. The van der Waals surface area contributed by atoms with Crippen LogP contribution in [0.1, 0.15) is 31.4 Å². The zero-order valence-corrected chi connectivity index (χ0v) is 13.8. The molecule has 0 aliphatic rings. The summed E-state index contributed by atoms with van der Waals surface area (Å²) in [4.78, 5) is 11.3. The summed E-state index contributed by atoms with van der Waals surface area (Å²) in [7, 11) is 4.29. The monoisotopic (exact) mass is 308 g/mol. The normalized spacial score (nSPS) is 11.9. The van der Waals surface area contributed by atoms with Crippen LogP contribution in [0.3, 0.4) is 0 Å². The summed E-state index contributed by atoms with van der Waals surface area (Å²) in [5.41, 5.74) is 1.59. The van der Waals surface area contributed by atoms with E-state index in [1.54, 1.807) is 13.2 Å². The van der Waals surface area contributed by atoms with E-state index >= 15 is 0 Å². The smallest absolute Gasteiger partial charge is 0.375 e. The Hall–Kier alpha value is -2.17. The van der Waals surface area contributed by atoms with Crippen molar-refractivity contribution in [1.29, 1.82) is 0 Å². The Morgan fingerprint density at radius 3 is 2.32 bits per heavy atom. The number of aliphatic carboxylic acids is 1. The van der Waals surface area contributed by atoms with Crippen LogP contribution in [0.15, 0.2) is 24.0 Å². The predicted molar refractivity (Wildman–Crippen MR) is 84.7 cm³/mol. The Bertz CT molecular complexity index is 546. The fourth-order valence-electron chi connectivity index (χ4n) is 2.25. The van der Waals surface area contributed by atoms with E-state index < -0.39 is 5.97 Å². The number of methoxy groups -OCH3 is 3. The van der Waals surface area contributed by atoms with Gasteiger partial charge in [-0.2, -0.15) is 0 Å². The Labute approximate surface area is 131 Å². The number of ether oxygens (including phenoxy) is 3. The van der Waals surface area contributed by atoms with Gasteiger partial charge in [0.25, 0.3) is 0 Å². The van der Waals surface area contributed by atoms with Gasteiger partial charge in [-0.1, -0.05) is 26.0 Å². The number of hydrogen-bond acceptors (Lipinski definition) is 4. The highest BCUT2D eigenvalue weighted by atomic mass is 16.5. The molecule has 22 heavy (non-hydrogen) atoms. The average molecular weight is 308 g/mol. The van der Waals surface area contributed by atoms with Gasteiger partial charge in [-0.05, 0) is 30.4 Å². The van der Waals surface area contributed by atoms with Crippen LogP contribution in [0, 0.1) is 5.92 Å². The van der Waals surface area contributed by atoms with E-state index in [-0.39, 0.29) is 11.5 Å². The second kappa shape index (κ2) is 8.32. The average Bonchev–Trinajstić information content (AvgIpc) is 2.49. The third-order valence-corrected chi connectivity index (χ3v) is 3.35. The molecule has 1 rings (SSSR count). The first-order valence-electron chi connectivity index (χ1n) is 7.18. The van der Waals surface area contributed by atoms with Gasteiger partial charge in [0, 0.05) is 0 Å². The lowest BCUT2D eigenvalue weighted by molar-refractivity contribution is -0.136. The minimum Gasteiger partial charge on any atom is -0.496 e. The van der Waals surface area contributed by atoms with Crippen LogP contribution in [0.2, 0.25) is 0 Å². The fraction of sp³-hybridized carbons (Fsp3) is 0.471. The summed E-state index contributed by atoms with van der Waals surface area (Å²) in [5, 5.41) is 9.24. The molecule has 0 atom stereocenters. The van der Waals surface area contributed by atoms with E-state index in [1.807, 2.05) is 12.1 Å². The van der Waals surface area contributed by atoms with Crippen molar-refractivity contribution < 1.29 is 24.1 Å². The predicted octanol–water partition coefficient (Wildman–Crippen LogP) is 3.33. The van der Waals surface area contributed by atoms with Crippen LogP contribution < -0.4 is 4.74 Å². The van der Waals surface area contributed by atoms with Crippen LogP contribution in [0.5, 0.6) is 5.75 Å². The first-order chi connectivity index (χ1) is 10.5. The molecule has 0 heterocycles. The molecule has 0 spiro atoms. The molecule has 5 heteroatoms. The molecule has 1 N–H and O–H groups in total. The van der Waals surface area contributed by atoms with Gasteiger partial charge in [0.05, 0.1) is 26.9 Å². The van der Waals surface area contributed by atoms with Crippen molar-refractivity contribution in [2.24, 2.45) is 5.92 Å². The van der Waals surface area contributed by atoms with Crippen molar-refractivity contribution in [2.45, 2.75) is 26.7 Å². The van der Waals surface area contributed by atoms with E-state index in [9.17, 15) is 9.90 Å². The molecule has 0 unspecified atom stereocenters. The van der Waals surface area contributed by atoms with E-state index in [2.05, 4.69) is 13.8 Å². The molecule has 0 fully saturated rings. The van der Waals surface area contributed by atoms with Crippen LogP contribution in [0.25, 0.3) is 5.76 Å². The molecule has 0 radical (unpaired) electrons. The Kier molecular flexibility index (Phi) is 6.76. The second-order valence-electron chi connectivity index (χ2n) is 5.30. The molecule has 0 bridgehead atoms. The van der Waals surface area contributed by atoms with Gasteiger partial charge in [-0.3, -0.25) is 0 Å². The van der Waals surface area contributed by atoms with Crippen molar-refractivity contribution in [3.63, 3.8) is 0 Å². The minimum atomic E-state index is -1.19. The minimum absolute atomic E-state index is 0.151. The summed E-state index contributed by atoms with van der Waals surface area (Å²) >= 11 is 0. The molecule has 1 aromatic rings. The number of carbonyl (C=O) groups is 1. The molecule has 1 aromatic carbocycles. The maximum atomic E-state index is 11.3. The highest BCUT2D eigenvalue weighted by Crippen LogP contribution is 2.33. The maximum Gasteiger partial charge on any atom is 0.375 e. The van der Waals surface area contributed by atoms with Crippen molar-refractivity contribution in [3.8, 4) is 5.75 Å². The van der Waals surface area contributed by atoms with Gasteiger partial charge in [0.1, 0.15) is 5.75 Å². The summed E-state index contributed by atoms with van der Waals surface area (Å²) in [5.74, 6) is -0.0933. The molecular formula is C17H24O5. The topological polar surface area (TPSA) is 65.0 Å². The number of hydrogen-bond donors (Lipinski definition) is 1. The van der Waals surface area contributed by atoms with Gasteiger partial charge >= 0.3 is 5.97 Å². The molecule has 122 valence electrons. The van der Waals surface area contributed by atoms with Crippen molar-refractivity contribution in [2.75, 3.05) is 21.3 Å². The van der Waals surface area contributed by atoms with Crippen molar-refractivity contribution in [3.05, 3.63) is 35.1 Å². The number of carboxylic acid groups (broad SMARTS) is 1. The lowest BCUT2D eigenvalue weighted by Crippen LogP contribution is -2.09. The van der Waals surface area contributed by atoms with Crippen LogP contribution in [0.4, 0.5) is 0 Å². The molecule has 0 saturated carbocycles. The van der Waals surface area contributed by atoms with Crippen LogP contribution in [-0.2, 0) is 20.7 Å². The molecule has 0 aliphatic carbocycles. The Morgan fingerprint density at radius 2 is 1.86 bits per heavy atom. The third kappa shape index (κ3) is 4.16. The highest BCUT2D eigenvalue weighted by molar-refractivity contribution is 5.93.